The van der Waals surface area contributed by atoms with Crippen LogP contribution in [-0.2, 0) is 17.3 Å². The molecule has 0 aliphatic carbocycles. The van der Waals surface area contributed by atoms with Gasteiger partial charge >= 0.3 is 12.3 Å². The first-order valence-corrected chi connectivity index (χ1v) is 7.84. The number of anilines is 1. The number of nitrogens with zero attached hydrogens (tertiary/aromatic N) is 1. The van der Waals surface area contributed by atoms with E-state index in [2.05, 4.69) is 5.32 Å². The van der Waals surface area contributed by atoms with Crippen molar-refractivity contribution in [2.45, 2.75) is 45.9 Å². The zero-order chi connectivity index (χ0) is 20.3. The van der Waals surface area contributed by atoms with E-state index in [0.717, 1.165) is 6.07 Å². The third kappa shape index (κ3) is 6.08. The zero-order valence-corrected chi connectivity index (χ0v) is 14.9. The van der Waals surface area contributed by atoms with Gasteiger partial charge in [0.1, 0.15) is 5.60 Å². The lowest BCUT2D eigenvalue weighted by molar-refractivity contribution is -0.385. The maximum atomic E-state index is 13.3. The lowest BCUT2D eigenvalue weighted by atomic mass is 9.94. The van der Waals surface area contributed by atoms with Gasteiger partial charge in [0.2, 0.25) is 0 Å². The molecule has 0 aliphatic rings. The van der Waals surface area contributed by atoms with Gasteiger partial charge in [0, 0.05) is 30.3 Å². The van der Waals surface area contributed by atoms with Gasteiger partial charge in [-0.15, -0.1) is 0 Å². The van der Waals surface area contributed by atoms with Gasteiger partial charge in [-0.1, -0.05) is 13.8 Å². The lowest BCUT2D eigenvalue weighted by Gasteiger charge is -2.25. The standard InChI is InChI=1S/C16H22F3N3O4/c1-9(2)8-21-12-5-10(7-15(3,4)26-14(20)23)13(22(24)25)6-11(12)16(17,18)19/h5-6,9,21H,7-8H2,1-4H3,(H2,20,23). The molecule has 0 aromatic heterocycles. The van der Waals surface area contributed by atoms with Crippen molar-refractivity contribution in [2.75, 3.05) is 11.9 Å². The predicted molar refractivity (Wildman–Crippen MR) is 89.9 cm³/mol. The van der Waals surface area contributed by atoms with Crippen molar-refractivity contribution in [3.8, 4) is 0 Å². The fourth-order valence-corrected chi connectivity index (χ4v) is 2.41. The number of alkyl halides is 3. The Balaban J connectivity index is 3.45. The first-order chi connectivity index (χ1) is 11.7. The molecule has 0 atom stereocenters. The van der Waals surface area contributed by atoms with Crippen molar-refractivity contribution in [2.24, 2.45) is 11.7 Å². The lowest BCUT2D eigenvalue weighted by Crippen LogP contribution is -2.33. The summed E-state index contributed by atoms with van der Waals surface area (Å²) in [5, 5.41) is 13.9. The van der Waals surface area contributed by atoms with Gasteiger partial charge in [0.05, 0.1) is 10.5 Å². The minimum absolute atomic E-state index is 0.000469. The number of halogens is 3. The van der Waals surface area contributed by atoms with Gasteiger partial charge in [0.15, 0.2) is 0 Å². The summed E-state index contributed by atoms with van der Waals surface area (Å²) in [7, 11) is 0. The monoisotopic (exact) mass is 377 g/mol. The Morgan fingerprint density at radius 3 is 2.35 bits per heavy atom. The van der Waals surface area contributed by atoms with Crippen molar-refractivity contribution >= 4 is 17.5 Å². The highest BCUT2D eigenvalue weighted by Crippen LogP contribution is 2.40. The summed E-state index contributed by atoms with van der Waals surface area (Å²) in [5.41, 5.74) is 1.65. The Hall–Kier alpha value is -2.52. The molecule has 26 heavy (non-hydrogen) atoms. The van der Waals surface area contributed by atoms with Gasteiger partial charge < -0.3 is 15.8 Å². The highest BCUT2D eigenvalue weighted by atomic mass is 19.4. The number of ether oxygens (including phenoxy) is 1. The molecule has 0 bridgehead atoms. The fourth-order valence-electron chi connectivity index (χ4n) is 2.41. The molecular formula is C16H22F3N3O4. The predicted octanol–water partition coefficient (Wildman–Crippen LogP) is 4.10. The van der Waals surface area contributed by atoms with Crippen LogP contribution in [-0.4, -0.2) is 23.2 Å². The van der Waals surface area contributed by atoms with Crippen LogP contribution in [0.3, 0.4) is 0 Å². The molecule has 0 fully saturated rings. The normalized spacial score (nSPS) is 12.2. The van der Waals surface area contributed by atoms with Crippen molar-refractivity contribution in [3.63, 3.8) is 0 Å². The Bertz CT molecular complexity index is 688. The average molecular weight is 377 g/mol. The number of nitrogens with one attached hydrogen (secondary N) is 1. The molecule has 1 aromatic rings. The maximum Gasteiger partial charge on any atom is 0.418 e. The van der Waals surface area contributed by atoms with E-state index in [4.69, 9.17) is 10.5 Å². The van der Waals surface area contributed by atoms with Crippen LogP contribution in [0.5, 0.6) is 0 Å². The van der Waals surface area contributed by atoms with Crippen LogP contribution in [0.25, 0.3) is 0 Å². The number of hydrogen-bond acceptors (Lipinski definition) is 5. The Morgan fingerprint density at radius 1 is 1.35 bits per heavy atom. The molecule has 1 rings (SSSR count). The number of nitro groups is 1. The van der Waals surface area contributed by atoms with E-state index in [9.17, 15) is 28.1 Å². The number of nitro benzene ring substituents is 1. The fraction of sp³-hybridized carbons (Fsp3) is 0.562. The summed E-state index contributed by atoms with van der Waals surface area (Å²) in [6, 6.07) is 1.58. The summed E-state index contributed by atoms with van der Waals surface area (Å²) in [4.78, 5) is 21.3. The van der Waals surface area contributed by atoms with Gasteiger partial charge in [-0.25, -0.2) is 4.79 Å². The van der Waals surface area contributed by atoms with Crippen LogP contribution in [0.2, 0.25) is 0 Å². The molecule has 1 amide bonds. The van der Waals surface area contributed by atoms with Gasteiger partial charge in [-0.05, 0) is 25.8 Å². The Labute approximate surface area is 148 Å². The van der Waals surface area contributed by atoms with Crippen LogP contribution >= 0.6 is 0 Å². The number of carbonyl (C=O) groups is 1. The number of amides is 1. The number of nitrogens with two attached hydrogens (primary N) is 1. The van der Waals surface area contributed by atoms with Crippen LogP contribution in [0.1, 0.15) is 38.8 Å². The molecule has 0 saturated heterocycles. The van der Waals surface area contributed by atoms with E-state index in [-0.39, 0.29) is 30.1 Å². The Morgan fingerprint density at radius 2 is 1.92 bits per heavy atom. The average Bonchev–Trinajstić information content (AvgIpc) is 2.41. The minimum atomic E-state index is -4.76. The first kappa shape index (κ1) is 21.5. The molecule has 146 valence electrons. The number of rotatable bonds is 7. The van der Waals surface area contributed by atoms with Crippen LogP contribution in [0.4, 0.5) is 29.3 Å². The van der Waals surface area contributed by atoms with E-state index >= 15 is 0 Å². The van der Waals surface area contributed by atoms with Crippen molar-refractivity contribution in [1.82, 2.24) is 0 Å². The Kier molecular flexibility index (Phi) is 6.45. The molecule has 3 N–H and O–H groups in total. The highest BCUT2D eigenvalue weighted by Gasteiger charge is 2.37. The van der Waals surface area contributed by atoms with Crippen LogP contribution in [0.15, 0.2) is 12.1 Å². The minimum Gasteiger partial charge on any atom is -0.443 e. The number of primary amides is 1. The zero-order valence-electron chi connectivity index (χ0n) is 14.9. The second kappa shape index (κ2) is 7.79. The molecular weight excluding hydrogens is 355 g/mol. The van der Waals surface area contributed by atoms with Crippen LogP contribution in [0, 0.1) is 16.0 Å². The van der Waals surface area contributed by atoms with E-state index in [0.29, 0.717) is 6.07 Å². The summed E-state index contributed by atoms with van der Waals surface area (Å²) in [5.74, 6) is 0.0596. The van der Waals surface area contributed by atoms with Crippen LogP contribution < -0.4 is 11.1 Å². The maximum absolute atomic E-state index is 13.3. The summed E-state index contributed by atoms with van der Waals surface area (Å²) in [6.45, 7) is 6.80. The van der Waals surface area contributed by atoms with Gasteiger partial charge in [0.25, 0.3) is 5.69 Å². The molecule has 0 heterocycles. The van der Waals surface area contributed by atoms with E-state index in [1.165, 1.54) is 13.8 Å². The second-order valence-corrected chi connectivity index (χ2v) is 6.91. The summed E-state index contributed by atoms with van der Waals surface area (Å²) < 4.78 is 44.8. The molecule has 0 unspecified atom stereocenters. The van der Waals surface area contributed by atoms with E-state index in [1.54, 1.807) is 0 Å². The van der Waals surface area contributed by atoms with E-state index < -0.39 is 34.0 Å². The van der Waals surface area contributed by atoms with Crippen molar-refractivity contribution in [3.05, 3.63) is 33.4 Å². The molecule has 0 spiro atoms. The highest BCUT2D eigenvalue weighted by molar-refractivity contribution is 5.65. The quantitative estimate of drug-likeness (QED) is 0.549. The van der Waals surface area contributed by atoms with Crippen molar-refractivity contribution < 1.29 is 27.6 Å². The molecule has 10 heteroatoms. The molecule has 1 aromatic carbocycles. The SMILES string of the molecule is CC(C)CNc1cc(CC(C)(C)OC(N)=O)c([N+](=O)[O-])cc1C(F)(F)F. The third-order valence-corrected chi connectivity index (χ3v) is 3.41. The largest absolute Gasteiger partial charge is 0.443 e. The summed E-state index contributed by atoms with van der Waals surface area (Å²) >= 11 is 0. The summed E-state index contributed by atoms with van der Waals surface area (Å²) in [6.07, 6.45) is -6.02. The third-order valence-electron chi connectivity index (χ3n) is 3.41. The number of benzene rings is 1. The molecule has 7 nitrogen and oxygen atoms in total. The number of carbonyl (C=O) groups excluding carboxylic acids is 1. The molecule has 0 radical (unpaired) electrons. The second-order valence-electron chi connectivity index (χ2n) is 6.91. The van der Waals surface area contributed by atoms with E-state index in [1.807, 2.05) is 13.8 Å². The topological polar surface area (TPSA) is 107 Å². The smallest absolute Gasteiger partial charge is 0.418 e. The first-order valence-electron chi connectivity index (χ1n) is 7.84. The van der Waals surface area contributed by atoms with Gasteiger partial charge in [-0.2, -0.15) is 13.2 Å². The number of hydrogen-bond donors (Lipinski definition) is 2. The molecule has 0 saturated carbocycles. The molecule has 0 aliphatic heterocycles. The van der Waals surface area contributed by atoms with Crippen molar-refractivity contribution in [1.29, 1.82) is 0 Å². The van der Waals surface area contributed by atoms with Gasteiger partial charge in [-0.3, -0.25) is 10.1 Å².